The number of halogens is 1. The van der Waals surface area contributed by atoms with Gasteiger partial charge in [0.05, 0.1) is 17.1 Å². The number of imide groups is 1. The first-order chi connectivity index (χ1) is 13.5. The number of nitrogens with zero attached hydrogens (tertiary/aromatic N) is 2. The quantitative estimate of drug-likeness (QED) is 0.684. The van der Waals surface area contributed by atoms with Gasteiger partial charge in [-0.2, -0.15) is 0 Å². The summed E-state index contributed by atoms with van der Waals surface area (Å²) in [6.07, 6.45) is 3.75. The smallest absolute Gasteiger partial charge is 0.293 e. The Bertz CT molecular complexity index is 950. The van der Waals surface area contributed by atoms with Crippen molar-refractivity contribution in [3.05, 3.63) is 69.9 Å². The van der Waals surface area contributed by atoms with E-state index in [4.69, 9.17) is 0 Å². The van der Waals surface area contributed by atoms with Crippen LogP contribution in [0, 0.1) is 12.7 Å². The van der Waals surface area contributed by atoms with Crippen LogP contribution in [-0.2, 0) is 11.3 Å². The van der Waals surface area contributed by atoms with Gasteiger partial charge in [-0.15, -0.1) is 0 Å². The highest BCUT2D eigenvalue weighted by molar-refractivity contribution is 8.18. The van der Waals surface area contributed by atoms with Crippen LogP contribution in [0.3, 0.4) is 0 Å². The number of hydrogen-bond acceptors (Lipinski definition) is 4. The van der Waals surface area contributed by atoms with Crippen LogP contribution in [0.4, 0.5) is 14.9 Å². The molecule has 0 radical (unpaired) electrons. The summed E-state index contributed by atoms with van der Waals surface area (Å²) in [6.45, 7) is 3.97. The predicted octanol–water partition coefficient (Wildman–Crippen LogP) is 4.97. The maximum absolute atomic E-state index is 14.5. The van der Waals surface area contributed by atoms with E-state index in [0.29, 0.717) is 16.2 Å². The molecule has 2 aromatic carbocycles. The average Bonchev–Trinajstić information content (AvgIpc) is 3.28. The number of carbonyl (C=O) groups is 2. The van der Waals surface area contributed by atoms with Crippen molar-refractivity contribution >= 4 is 34.7 Å². The number of anilines is 1. The molecule has 4 rings (SSSR count). The van der Waals surface area contributed by atoms with Crippen LogP contribution in [0.1, 0.15) is 29.5 Å². The minimum Gasteiger partial charge on any atom is -0.369 e. The lowest BCUT2D eigenvalue weighted by Crippen LogP contribution is -2.27. The third-order valence-corrected chi connectivity index (χ3v) is 5.96. The van der Waals surface area contributed by atoms with E-state index in [-0.39, 0.29) is 23.5 Å². The van der Waals surface area contributed by atoms with Crippen LogP contribution in [-0.4, -0.2) is 29.1 Å². The topological polar surface area (TPSA) is 40.6 Å². The van der Waals surface area contributed by atoms with Gasteiger partial charge in [-0.3, -0.25) is 14.5 Å². The molecular formula is C22H21FN2O2S. The van der Waals surface area contributed by atoms with Crippen molar-refractivity contribution in [2.24, 2.45) is 0 Å². The number of amides is 2. The number of benzene rings is 2. The van der Waals surface area contributed by atoms with Crippen molar-refractivity contribution < 1.29 is 14.0 Å². The summed E-state index contributed by atoms with van der Waals surface area (Å²) in [7, 11) is 0. The fourth-order valence-corrected chi connectivity index (χ4v) is 4.33. The van der Waals surface area contributed by atoms with Gasteiger partial charge in [0.1, 0.15) is 5.82 Å². The molecule has 0 aromatic heterocycles. The first-order valence-electron chi connectivity index (χ1n) is 9.37. The lowest BCUT2D eigenvalue weighted by molar-refractivity contribution is -0.123. The Kier molecular flexibility index (Phi) is 5.22. The first kappa shape index (κ1) is 18.7. The van der Waals surface area contributed by atoms with Gasteiger partial charge in [-0.1, -0.05) is 35.9 Å². The highest BCUT2D eigenvalue weighted by atomic mass is 32.2. The SMILES string of the molecule is Cc1ccc(CN2C(=O)S/C(=C\c3ccc(N4CCCC4)c(F)c3)C2=O)cc1. The van der Waals surface area contributed by atoms with E-state index >= 15 is 0 Å². The van der Waals surface area contributed by atoms with Crippen molar-refractivity contribution in [3.63, 3.8) is 0 Å². The second kappa shape index (κ2) is 7.80. The van der Waals surface area contributed by atoms with E-state index < -0.39 is 0 Å². The third kappa shape index (κ3) is 3.83. The molecule has 144 valence electrons. The molecule has 0 saturated carbocycles. The Balaban J connectivity index is 1.52. The zero-order valence-electron chi connectivity index (χ0n) is 15.7. The van der Waals surface area contributed by atoms with Gasteiger partial charge in [0.15, 0.2) is 0 Å². The Labute approximate surface area is 168 Å². The van der Waals surface area contributed by atoms with Crippen molar-refractivity contribution in [2.45, 2.75) is 26.3 Å². The Morgan fingerprint density at radius 2 is 1.79 bits per heavy atom. The van der Waals surface area contributed by atoms with Gasteiger partial charge in [0, 0.05) is 13.1 Å². The van der Waals surface area contributed by atoms with Crippen LogP contribution < -0.4 is 4.90 Å². The minimum atomic E-state index is -0.334. The third-order valence-electron chi connectivity index (χ3n) is 5.05. The summed E-state index contributed by atoms with van der Waals surface area (Å²) in [5, 5.41) is -0.300. The molecule has 0 spiro atoms. The molecule has 2 saturated heterocycles. The molecule has 6 heteroatoms. The molecule has 2 amide bonds. The molecule has 2 heterocycles. The number of hydrogen-bond donors (Lipinski definition) is 0. The number of carbonyl (C=O) groups excluding carboxylic acids is 2. The lowest BCUT2D eigenvalue weighted by Gasteiger charge is -2.18. The van der Waals surface area contributed by atoms with Gasteiger partial charge in [0.2, 0.25) is 0 Å². The fraction of sp³-hybridized carbons (Fsp3) is 0.273. The molecule has 0 bridgehead atoms. The maximum Gasteiger partial charge on any atom is 0.293 e. The molecule has 0 aliphatic carbocycles. The van der Waals surface area contributed by atoms with Crippen molar-refractivity contribution in [3.8, 4) is 0 Å². The van der Waals surface area contributed by atoms with Gasteiger partial charge in [-0.05, 0) is 60.9 Å². The highest BCUT2D eigenvalue weighted by Crippen LogP contribution is 2.34. The predicted molar refractivity (Wildman–Crippen MR) is 111 cm³/mol. The van der Waals surface area contributed by atoms with Crippen molar-refractivity contribution in [2.75, 3.05) is 18.0 Å². The molecule has 28 heavy (non-hydrogen) atoms. The molecule has 0 atom stereocenters. The standard InChI is InChI=1S/C22H21FN2O2S/c1-15-4-6-16(7-5-15)14-25-21(26)20(28-22(25)27)13-17-8-9-19(18(23)12-17)24-10-2-3-11-24/h4-9,12-13H,2-3,10-11,14H2,1H3/b20-13-. The molecule has 2 aliphatic heterocycles. The van der Waals surface area contributed by atoms with Crippen molar-refractivity contribution in [1.82, 2.24) is 4.90 Å². The van der Waals surface area contributed by atoms with E-state index in [0.717, 1.165) is 48.8 Å². The van der Waals surface area contributed by atoms with Crippen molar-refractivity contribution in [1.29, 1.82) is 0 Å². The van der Waals surface area contributed by atoms with E-state index in [2.05, 4.69) is 0 Å². The van der Waals surface area contributed by atoms with E-state index in [9.17, 15) is 14.0 Å². The molecule has 2 aliphatic rings. The monoisotopic (exact) mass is 396 g/mol. The largest absolute Gasteiger partial charge is 0.369 e. The Morgan fingerprint density at radius 3 is 2.46 bits per heavy atom. The number of aryl methyl sites for hydroxylation is 1. The summed E-state index contributed by atoms with van der Waals surface area (Å²) in [5.41, 5.74) is 3.20. The fourth-order valence-electron chi connectivity index (χ4n) is 3.49. The highest BCUT2D eigenvalue weighted by Gasteiger charge is 2.35. The molecule has 2 fully saturated rings. The van der Waals surface area contributed by atoms with Gasteiger partial charge in [-0.25, -0.2) is 4.39 Å². The van der Waals surface area contributed by atoms with Gasteiger partial charge in [0.25, 0.3) is 11.1 Å². The van der Waals surface area contributed by atoms with E-state index in [1.165, 1.54) is 11.0 Å². The van der Waals surface area contributed by atoms with Crippen LogP contribution in [0.2, 0.25) is 0 Å². The first-order valence-corrected chi connectivity index (χ1v) is 10.2. The minimum absolute atomic E-state index is 0.241. The van der Waals surface area contributed by atoms with Crippen LogP contribution >= 0.6 is 11.8 Å². The van der Waals surface area contributed by atoms with E-state index in [1.807, 2.05) is 36.1 Å². The number of rotatable bonds is 4. The number of thioether (sulfide) groups is 1. The maximum atomic E-state index is 14.5. The lowest BCUT2D eigenvalue weighted by atomic mass is 10.1. The summed E-state index contributed by atoms with van der Waals surface area (Å²) in [4.78, 5) is 28.6. The Morgan fingerprint density at radius 1 is 1.07 bits per heavy atom. The summed E-state index contributed by atoms with van der Waals surface area (Å²) in [6, 6.07) is 12.7. The van der Waals surface area contributed by atoms with Gasteiger partial charge < -0.3 is 4.90 Å². The Hall–Kier alpha value is -2.60. The molecule has 2 aromatic rings. The normalized spacial score (nSPS) is 18.6. The van der Waals surface area contributed by atoms with Crippen LogP contribution in [0.25, 0.3) is 6.08 Å². The zero-order chi connectivity index (χ0) is 19.7. The molecule has 0 unspecified atom stereocenters. The molecule has 4 nitrogen and oxygen atoms in total. The van der Waals surface area contributed by atoms with Crippen LogP contribution in [0.15, 0.2) is 47.4 Å². The average molecular weight is 396 g/mol. The zero-order valence-corrected chi connectivity index (χ0v) is 16.5. The second-order valence-corrected chi connectivity index (χ2v) is 8.15. The summed E-state index contributed by atoms with van der Waals surface area (Å²) < 4.78 is 14.5. The summed E-state index contributed by atoms with van der Waals surface area (Å²) in [5.74, 6) is -0.630. The van der Waals surface area contributed by atoms with Gasteiger partial charge >= 0.3 is 0 Å². The van der Waals surface area contributed by atoms with E-state index in [1.54, 1.807) is 18.2 Å². The molecular weight excluding hydrogens is 375 g/mol. The molecule has 0 N–H and O–H groups in total. The second-order valence-electron chi connectivity index (χ2n) is 7.16. The summed E-state index contributed by atoms with van der Waals surface area (Å²) >= 11 is 0.900. The van der Waals surface area contributed by atoms with Crippen LogP contribution in [0.5, 0.6) is 0 Å².